The number of thioether (sulfide) groups is 1. The smallest absolute Gasteiger partial charge is 0.266 e. The standard InChI is InChI=1S/C18H24N4OS/c1-21-9-7-16(8-10-21)22(2)18(23)14(12-19)13-20-15-5-4-6-17(11-15)24-3/h4-6,11,13,16,20H,7-10H2,1-3H3/b14-13-. The maximum atomic E-state index is 12.6. The van der Waals surface area contributed by atoms with Gasteiger partial charge in [0.2, 0.25) is 0 Å². The molecule has 1 heterocycles. The van der Waals surface area contributed by atoms with Gasteiger partial charge in [0.25, 0.3) is 5.91 Å². The molecule has 0 unspecified atom stereocenters. The number of amides is 1. The van der Waals surface area contributed by atoms with Gasteiger partial charge >= 0.3 is 0 Å². The summed E-state index contributed by atoms with van der Waals surface area (Å²) in [5.41, 5.74) is 0.996. The quantitative estimate of drug-likeness (QED) is 0.506. The maximum absolute atomic E-state index is 12.6. The van der Waals surface area contributed by atoms with Crippen LogP contribution in [-0.2, 0) is 4.79 Å². The van der Waals surface area contributed by atoms with Crippen molar-refractivity contribution >= 4 is 23.4 Å². The Kier molecular flexibility index (Phi) is 6.71. The third kappa shape index (κ3) is 4.76. The van der Waals surface area contributed by atoms with Gasteiger partial charge in [-0.15, -0.1) is 11.8 Å². The number of carbonyl (C=O) groups excluding carboxylic acids is 1. The third-order valence-corrected chi connectivity index (χ3v) is 5.09. The topological polar surface area (TPSA) is 59.4 Å². The van der Waals surface area contributed by atoms with E-state index in [1.807, 2.05) is 36.6 Å². The van der Waals surface area contributed by atoms with Gasteiger partial charge in [-0.25, -0.2) is 0 Å². The molecular formula is C18H24N4OS. The fraction of sp³-hybridized carbons (Fsp3) is 0.444. The zero-order valence-electron chi connectivity index (χ0n) is 14.5. The minimum Gasteiger partial charge on any atom is -0.360 e. The van der Waals surface area contributed by atoms with E-state index in [9.17, 15) is 10.1 Å². The van der Waals surface area contributed by atoms with Crippen molar-refractivity contribution < 1.29 is 4.79 Å². The van der Waals surface area contributed by atoms with Crippen LogP contribution < -0.4 is 5.32 Å². The van der Waals surface area contributed by atoms with E-state index in [1.54, 1.807) is 23.7 Å². The summed E-state index contributed by atoms with van der Waals surface area (Å²) >= 11 is 1.65. The van der Waals surface area contributed by atoms with E-state index < -0.39 is 0 Å². The van der Waals surface area contributed by atoms with Crippen LogP contribution in [0.4, 0.5) is 5.69 Å². The molecule has 0 aromatic heterocycles. The van der Waals surface area contributed by atoms with Crippen LogP contribution in [0.2, 0.25) is 0 Å². The molecule has 1 amide bonds. The summed E-state index contributed by atoms with van der Waals surface area (Å²) in [5, 5.41) is 12.4. The van der Waals surface area contributed by atoms with Crippen molar-refractivity contribution in [2.75, 3.05) is 38.8 Å². The molecule has 0 atom stereocenters. The second-order valence-electron chi connectivity index (χ2n) is 6.00. The van der Waals surface area contributed by atoms with Gasteiger partial charge in [-0.05, 0) is 57.4 Å². The van der Waals surface area contributed by atoms with E-state index in [0.717, 1.165) is 36.5 Å². The van der Waals surface area contributed by atoms with Crippen LogP contribution >= 0.6 is 11.8 Å². The van der Waals surface area contributed by atoms with Crippen molar-refractivity contribution in [2.24, 2.45) is 0 Å². The van der Waals surface area contributed by atoms with Gasteiger partial charge in [0.15, 0.2) is 0 Å². The lowest BCUT2D eigenvalue weighted by Gasteiger charge is -2.34. The van der Waals surface area contributed by atoms with E-state index in [0.29, 0.717) is 0 Å². The summed E-state index contributed by atoms with van der Waals surface area (Å²) in [6.07, 6.45) is 5.41. The van der Waals surface area contributed by atoms with E-state index in [4.69, 9.17) is 0 Å². The predicted molar refractivity (Wildman–Crippen MR) is 98.8 cm³/mol. The van der Waals surface area contributed by atoms with Gasteiger partial charge in [-0.3, -0.25) is 4.79 Å². The molecule has 0 aliphatic carbocycles. The fourth-order valence-electron chi connectivity index (χ4n) is 2.75. The first-order valence-electron chi connectivity index (χ1n) is 8.01. The van der Waals surface area contributed by atoms with Crippen molar-refractivity contribution in [1.29, 1.82) is 5.26 Å². The number of piperidine rings is 1. The summed E-state index contributed by atoms with van der Waals surface area (Å²) in [6, 6.07) is 10.1. The molecule has 1 aromatic carbocycles. The number of carbonyl (C=O) groups is 1. The minimum atomic E-state index is -0.222. The number of nitrogens with one attached hydrogen (secondary N) is 1. The molecule has 128 valence electrons. The van der Waals surface area contributed by atoms with Crippen LogP contribution in [0.5, 0.6) is 0 Å². The molecular weight excluding hydrogens is 320 g/mol. The number of hydrogen-bond donors (Lipinski definition) is 1. The van der Waals surface area contributed by atoms with Crippen LogP contribution in [-0.4, -0.2) is 55.2 Å². The molecule has 0 spiro atoms. The molecule has 1 aliphatic rings. The highest BCUT2D eigenvalue weighted by molar-refractivity contribution is 7.98. The summed E-state index contributed by atoms with van der Waals surface area (Å²) < 4.78 is 0. The molecule has 0 bridgehead atoms. The highest BCUT2D eigenvalue weighted by Gasteiger charge is 2.25. The summed E-state index contributed by atoms with van der Waals surface area (Å²) in [5.74, 6) is -0.222. The van der Waals surface area contributed by atoms with Gasteiger partial charge < -0.3 is 15.1 Å². The number of likely N-dealkylation sites (N-methyl/N-ethyl adjacent to an activating group) is 1. The molecule has 2 rings (SSSR count). The molecule has 6 heteroatoms. The van der Waals surface area contributed by atoms with Crippen molar-refractivity contribution in [3.63, 3.8) is 0 Å². The number of rotatable bonds is 5. The largest absolute Gasteiger partial charge is 0.360 e. The first-order valence-corrected chi connectivity index (χ1v) is 9.24. The van der Waals surface area contributed by atoms with Crippen molar-refractivity contribution in [2.45, 2.75) is 23.8 Å². The summed E-state index contributed by atoms with van der Waals surface area (Å²) in [7, 11) is 3.88. The second-order valence-corrected chi connectivity index (χ2v) is 6.88. The SMILES string of the molecule is CSc1cccc(N/C=C(/C#N)C(=O)N(C)C2CCN(C)CC2)c1. The molecule has 1 aliphatic heterocycles. The average Bonchev–Trinajstić information content (AvgIpc) is 2.62. The van der Waals surface area contributed by atoms with E-state index >= 15 is 0 Å². The van der Waals surface area contributed by atoms with Crippen LogP contribution in [0.1, 0.15) is 12.8 Å². The van der Waals surface area contributed by atoms with Crippen LogP contribution in [0.3, 0.4) is 0 Å². The molecule has 5 nitrogen and oxygen atoms in total. The lowest BCUT2D eigenvalue weighted by atomic mass is 10.0. The third-order valence-electron chi connectivity index (χ3n) is 4.36. The Morgan fingerprint density at radius 2 is 2.17 bits per heavy atom. The maximum Gasteiger partial charge on any atom is 0.266 e. The average molecular weight is 344 g/mol. The van der Waals surface area contributed by atoms with E-state index in [-0.39, 0.29) is 17.5 Å². The van der Waals surface area contributed by atoms with Gasteiger partial charge in [-0.2, -0.15) is 5.26 Å². The van der Waals surface area contributed by atoms with Gasteiger partial charge in [0, 0.05) is 29.9 Å². The number of nitrogens with zero attached hydrogens (tertiary/aromatic N) is 3. The molecule has 1 saturated heterocycles. The Hall–Kier alpha value is -1.97. The number of anilines is 1. The zero-order valence-corrected chi connectivity index (χ0v) is 15.3. The zero-order chi connectivity index (χ0) is 17.5. The highest BCUT2D eigenvalue weighted by atomic mass is 32.2. The molecule has 24 heavy (non-hydrogen) atoms. The summed E-state index contributed by atoms with van der Waals surface area (Å²) in [6.45, 7) is 1.96. The molecule has 1 fully saturated rings. The molecule has 0 radical (unpaired) electrons. The predicted octanol–water partition coefficient (Wildman–Crippen LogP) is 2.78. The van der Waals surface area contributed by atoms with Crippen molar-refractivity contribution in [3.05, 3.63) is 36.0 Å². The van der Waals surface area contributed by atoms with Crippen LogP contribution in [0, 0.1) is 11.3 Å². The van der Waals surface area contributed by atoms with Crippen molar-refractivity contribution in [1.82, 2.24) is 9.80 Å². The number of nitriles is 1. The number of benzene rings is 1. The lowest BCUT2D eigenvalue weighted by Crippen LogP contribution is -2.44. The molecule has 0 saturated carbocycles. The van der Waals surface area contributed by atoms with Gasteiger partial charge in [-0.1, -0.05) is 6.07 Å². The lowest BCUT2D eigenvalue weighted by molar-refractivity contribution is -0.128. The minimum absolute atomic E-state index is 0.131. The van der Waals surface area contributed by atoms with Crippen LogP contribution in [0.15, 0.2) is 40.9 Å². The fourth-order valence-corrected chi connectivity index (χ4v) is 3.21. The highest BCUT2D eigenvalue weighted by Crippen LogP contribution is 2.20. The monoisotopic (exact) mass is 344 g/mol. The second kappa shape index (κ2) is 8.76. The normalized spacial score (nSPS) is 16.5. The van der Waals surface area contributed by atoms with E-state index in [1.165, 1.54) is 6.20 Å². The Bertz CT molecular complexity index is 645. The Morgan fingerprint density at radius 1 is 1.46 bits per heavy atom. The van der Waals surface area contributed by atoms with E-state index in [2.05, 4.69) is 17.3 Å². The Morgan fingerprint density at radius 3 is 2.79 bits per heavy atom. The Balaban J connectivity index is 2.03. The summed E-state index contributed by atoms with van der Waals surface area (Å²) in [4.78, 5) is 17.7. The Labute approximate surface area is 148 Å². The molecule has 1 N–H and O–H groups in total. The van der Waals surface area contributed by atoms with Gasteiger partial charge in [0.1, 0.15) is 11.6 Å². The van der Waals surface area contributed by atoms with Crippen LogP contribution in [0.25, 0.3) is 0 Å². The molecule has 1 aromatic rings. The first-order chi connectivity index (χ1) is 11.5. The number of likely N-dealkylation sites (tertiary alicyclic amines) is 1. The number of hydrogen-bond acceptors (Lipinski definition) is 5. The van der Waals surface area contributed by atoms with Gasteiger partial charge in [0.05, 0.1) is 0 Å². The van der Waals surface area contributed by atoms with Crippen molar-refractivity contribution in [3.8, 4) is 6.07 Å². The first kappa shape index (κ1) is 18.4.